The van der Waals surface area contributed by atoms with Crippen LogP contribution in [-0.2, 0) is 16.0 Å². The first kappa shape index (κ1) is 19.5. The largest absolute Gasteiger partial charge is 0.496 e. The zero-order valence-corrected chi connectivity index (χ0v) is 14.8. The molecule has 0 spiro atoms. The van der Waals surface area contributed by atoms with Crippen molar-refractivity contribution in [2.45, 2.75) is 6.42 Å². The number of nitrogen functional groups attached to an aromatic ring is 1. The molecule has 2 aromatic carbocycles. The maximum atomic E-state index is 12.8. The number of hydrogen-bond acceptors (Lipinski definition) is 5. The summed E-state index contributed by atoms with van der Waals surface area (Å²) < 4.78 is 22.8. The van der Waals surface area contributed by atoms with Crippen molar-refractivity contribution in [2.24, 2.45) is 0 Å². The fraction of sp³-hybridized carbons (Fsp3) is 0.222. The van der Waals surface area contributed by atoms with Crippen molar-refractivity contribution >= 4 is 29.2 Å². The minimum atomic E-state index is -0.752. The summed E-state index contributed by atoms with van der Waals surface area (Å²) in [6.07, 6.45) is 0.529. The van der Waals surface area contributed by atoms with Crippen LogP contribution in [0, 0.1) is 5.82 Å². The van der Waals surface area contributed by atoms with Gasteiger partial charge in [0.15, 0.2) is 6.61 Å². The van der Waals surface area contributed by atoms with Gasteiger partial charge < -0.3 is 20.5 Å². The maximum Gasteiger partial charge on any atom is 0.342 e. The van der Waals surface area contributed by atoms with Gasteiger partial charge >= 0.3 is 5.97 Å². The molecule has 0 aromatic heterocycles. The summed E-state index contributed by atoms with van der Waals surface area (Å²) in [5.41, 5.74) is 6.87. The Morgan fingerprint density at radius 1 is 1.23 bits per heavy atom. The van der Waals surface area contributed by atoms with Crippen molar-refractivity contribution in [3.05, 3.63) is 58.4 Å². The molecule has 1 amide bonds. The number of rotatable bonds is 7. The number of halogens is 2. The van der Waals surface area contributed by atoms with Crippen molar-refractivity contribution in [3.63, 3.8) is 0 Å². The van der Waals surface area contributed by atoms with Crippen molar-refractivity contribution < 1.29 is 23.5 Å². The Balaban J connectivity index is 1.82. The Morgan fingerprint density at radius 2 is 1.92 bits per heavy atom. The van der Waals surface area contributed by atoms with Crippen LogP contribution >= 0.6 is 11.6 Å². The number of anilines is 1. The number of carbonyl (C=O) groups is 2. The fourth-order valence-corrected chi connectivity index (χ4v) is 2.32. The number of nitrogens with one attached hydrogen (secondary N) is 1. The lowest BCUT2D eigenvalue weighted by atomic mass is 10.1. The van der Waals surface area contributed by atoms with Gasteiger partial charge in [-0.15, -0.1) is 0 Å². The van der Waals surface area contributed by atoms with Gasteiger partial charge in [0.25, 0.3) is 5.91 Å². The molecule has 0 saturated carbocycles. The first-order chi connectivity index (χ1) is 12.4. The van der Waals surface area contributed by atoms with E-state index >= 15 is 0 Å². The Bertz CT molecular complexity index is 797. The maximum absolute atomic E-state index is 12.8. The van der Waals surface area contributed by atoms with E-state index in [2.05, 4.69) is 5.32 Å². The van der Waals surface area contributed by atoms with Crippen molar-refractivity contribution in [1.82, 2.24) is 5.32 Å². The summed E-state index contributed by atoms with van der Waals surface area (Å²) in [4.78, 5) is 23.9. The Hall–Kier alpha value is -2.80. The van der Waals surface area contributed by atoms with Gasteiger partial charge in [0, 0.05) is 12.6 Å². The molecule has 2 aromatic rings. The van der Waals surface area contributed by atoms with Crippen LogP contribution in [0.5, 0.6) is 5.75 Å². The van der Waals surface area contributed by atoms with Crippen LogP contribution in [0.15, 0.2) is 36.4 Å². The van der Waals surface area contributed by atoms with E-state index in [1.165, 1.54) is 31.4 Å². The molecule has 3 N–H and O–H groups in total. The van der Waals surface area contributed by atoms with Crippen LogP contribution < -0.4 is 15.8 Å². The van der Waals surface area contributed by atoms with Crippen LogP contribution in [0.2, 0.25) is 5.02 Å². The molecule has 0 unspecified atom stereocenters. The Labute approximate surface area is 155 Å². The molecular formula is C18H18ClFN2O4. The van der Waals surface area contributed by atoms with E-state index < -0.39 is 18.5 Å². The third-order valence-corrected chi connectivity index (χ3v) is 3.85. The van der Waals surface area contributed by atoms with Crippen LogP contribution in [-0.4, -0.2) is 32.1 Å². The summed E-state index contributed by atoms with van der Waals surface area (Å²) >= 11 is 5.89. The molecule has 0 aliphatic rings. The van der Waals surface area contributed by atoms with E-state index in [0.717, 1.165) is 5.56 Å². The summed E-state index contributed by atoms with van der Waals surface area (Å²) in [5, 5.41) is 2.80. The quantitative estimate of drug-likeness (QED) is 0.569. The molecule has 26 heavy (non-hydrogen) atoms. The van der Waals surface area contributed by atoms with Crippen LogP contribution in [0.3, 0.4) is 0 Å². The van der Waals surface area contributed by atoms with Crippen LogP contribution in [0.4, 0.5) is 10.1 Å². The predicted molar refractivity (Wildman–Crippen MR) is 95.8 cm³/mol. The second-order valence-electron chi connectivity index (χ2n) is 5.38. The SMILES string of the molecule is COc1cc(N)c(Cl)cc1C(=O)OCC(=O)NCCc1ccc(F)cc1. The molecule has 0 aliphatic carbocycles. The van der Waals surface area contributed by atoms with Crippen LogP contribution in [0.25, 0.3) is 0 Å². The van der Waals surface area contributed by atoms with Crippen molar-refractivity contribution in [1.29, 1.82) is 0 Å². The Morgan fingerprint density at radius 3 is 2.58 bits per heavy atom. The van der Waals surface area contributed by atoms with Gasteiger partial charge in [0.2, 0.25) is 0 Å². The molecule has 0 aliphatic heterocycles. The summed E-state index contributed by atoms with van der Waals surface area (Å²) in [6.45, 7) is -0.119. The molecule has 0 fully saturated rings. The molecule has 0 atom stereocenters. The monoisotopic (exact) mass is 380 g/mol. The highest BCUT2D eigenvalue weighted by molar-refractivity contribution is 6.33. The lowest BCUT2D eigenvalue weighted by Crippen LogP contribution is -2.30. The standard InChI is InChI=1S/C18H18ClFN2O4/c1-25-16-9-15(21)14(19)8-13(16)18(24)26-10-17(23)22-7-6-11-2-4-12(20)5-3-11/h2-5,8-9H,6-7,10,21H2,1H3,(H,22,23). The highest BCUT2D eigenvalue weighted by Gasteiger charge is 2.17. The third-order valence-electron chi connectivity index (χ3n) is 3.52. The molecule has 6 nitrogen and oxygen atoms in total. The molecular weight excluding hydrogens is 363 g/mol. The summed E-state index contributed by atoms with van der Waals surface area (Å²) in [7, 11) is 1.38. The predicted octanol–water partition coefficient (Wildman–Crippen LogP) is 2.59. The van der Waals surface area contributed by atoms with Gasteiger partial charge in [0.1, 0.15) is 17.1 Å². The van der Waals surface area contributed by atoms with Gasteiger partial charge in [-0.3, -0.25) is 4.79 Å². The molecule has 8 heteroatoms. The van der Waals surface area contributed by atoms with Crippen LogP contribution in [0.1, 0.15) is 15.9 Å². The topological polar surface area (TPSA) is 90.7 Å². The number of hydrogen-bond donors (Lipinski definition) is 2. The minimum absolute atomic E-state index is 0.0748. The third kappa shape index (κ3) is 5.35. The van der Waals surface area contributed by atoms with E-state index in [9.17, 15) is 14.0 Å². The molecule has 0 saturated heterocycles. The minimum Gasteiger partial charge on any atom is -0.496 e. The van der Waals surface area contributed by atoms with Crippen molar-refractivity contribution in [3.8, 4) is 5.75 Å². The molecule has 0 heterocycles. The first-order valence-electron chi connectivity index (χ1n) is 7.72. The second kappa shape index (κ2) is 9.05. The normalized spacial score (nSPS) is 10.3. The van der Waals surface area contributed by atoms with Gasteiger partial charge in [0.05, 0.1) is 17.8 Å². The van der Waals surface area contributed by atoms with Gasteiger partial charge in [-0.1, -0.05) is 23.7 Å². The Kier molecular flexibility index (Phi) is 6.80. The number of carbonyl (C=O) groups excluding carboxylic acids is 2. The second-order valence-corrected chi connectivity index (χ2v) is 5.78. The number of methoxy groups -OCH3 is 1. The number of esters is 1. The van der Waals surface area contributed by atoms with E-state index in [1.807, 2.05) is 0 Å². The zero-order valence-electron chi connectivity index (χ0n) is 14.1. The van der Waals surface area contributed by atoms with Gasteiger partial charge in [-0.2, -0.15) is 0 Å². The summed E-state index contributed by atoms with van der Waals surface area (Å²) in [6, 6.07) is 8.71. The van der Waals surface area contributed by atoms with E-state index in [1.54, 1.807) is 12.1 Å². The molecule has 2 rings (SSSR count). The smallest absolute Gasteiger partial charge is 0.342 e. The van der Waals surface area contributed by atoms with Gasteiger partial charge in [-0.25, -0.2) is 9.18 Å². The first-order valence-corrected chi connectivity index (χ1v) is 8.09. The average Bonchev–Trinajstić information content (AvgIpc) is 2.63. The molecule has 0 radical (unpaired) electrons. The molecule has 138 valence electrons. The zero-order chi connectivity index (χ0) is 19.1. The summed E-state index contributed by atoms with van der Waals surface area (Å²) in [5.74, 6) is -1.32. The van der Waals surface area contributed by atoms with Crippen molar-refractivity contribution in [2.75, 3.05) is 26.0 Å². The number of nitrogens with two attached hydrogens (primary N) is 1. The van der Waals surface area contributed by atoms with E-state index in [0.29, 0.717) is 13.0 Å². The number of benzene rings is 2. The highest BCUT2D eigenvalue weighted by Crippen LogP contribution is 2.29. The average molecular weight is 381 g/mol. The number of amides is 1. The number of ether oxygens (including phenoxy) is 2. The molecule has 0 bridgehead atoms. The lowest BCUT2D eigenvalue weighted by Gasteiger charge is -2.11. The van der Waals surface area contributed by atoms with E-state index in [4.69, 9.17) is 26.8 Å². The fourth-order valence-electron chi connectivity index (χ4n) is 2.15. The highest BCUT2D eigenvalue weighted by atomic mass is 35.5. The van der Waals surface area contributed by atoms with E-state index in [-0.39, 0.29) is 27.8 Å². The lowest BCUT2D eigenvalue weighted by molar-refractivity contribution is -0.124. The van der Waals surface area contributed by atoms with Gasteiger partial charge in [-0.05, 0) is 30.2 Å².